The molecule has 2 aliphatic heterocycles. The van der Waals surface area contributed by atoms with E-state index in [1.165, 1.54) is 7.11 Å². The van der Waals surface area contributed by atoms with E-state index in [1.807, 2.05) is 22.8 Å². The first-order valence-electron chi connectivity index (χ1n) is 10.5. The minimum absolute atomic E-state index is 0.0706. The monoisotopic (exact) mass is 418 g/mol. The number of ether oxygens (including phenoxy) is 3. The second-order valence-electron chi connectivity index (χ2n) is 7.99. The maximum Gasteiger partial charge on any atom is 0.409 e. The van der Waals surface area contributed by atoms with Gasteiger partial charge >= 0.3 is 11.8 Å². The summed E-state index contributed by atoms with van der Waals surface area (Å²) in [5.74, 6) is 0.687. The smallest absolute Gasteiger partial charge is 0.409 e. The molecule has 0 unspecified atom stereocenters. The number of fused-ring (bicyclic) bond motifs is 1. The molecule has 2 fully saturated rings. The van der Waals surface area contributed by atoms with Gasteiger partial charge in [0.1, 0.15) is 5.75 Å². The first kappa shape index (κ1) is 20.7. The van der Waals surface area contributed by atoms with Crippen LogP contribution in [0.2, 0.25) is 0 Å². The van der Waals surface area contributed by atoms with Gasteiger partial charge in [0.05, 0.1) is 18.1 Å². The first-order chi connectivity index (χ1) is 14.6. The summed E-state index contributed by atoms with van der Waals surface area (Å²) in [5, 5.41) is 0. The lowest BCUT2D eigenvalue weighted by Gasteiger charge is -2.41. The molecule has 1 amide bonds. The minimum atomic E-state index is -0.236. The highest BCUT2D eigenvalue weighted by Gasteiger charge is 2.31. The number of hydrogen-bond donors (Lipinski definition) is 1. The maximum atomic E-state index is 12.7. The lowest BCUT2D eigenvalue weighted by Crippen LogP contribution is -2.49. The second kappa shape index (κ2) is 9.09. The van der Waals surface area contributed by atoms with Crippen LogP contribution >= 0.6 is 0 Å². The van der Waals surface area contributed by atoms with Crippen molar-refractivity contribution >= 4 is 17.1 Å². The van der Waals surface area contributed by atoms with Crippen molar-refractivity contribution in [3.63, 3.8) is 0 Å². The van der Waals surface area contributed by atoms with Crippen molar-refractivity contribution in [2.24, 2.45) is 0 Å². The molecule has 3 heterocycles. The normalized spacial score (nSPS) is 19.3. The number of likely N-dealkylation sites (tertiary alicyclic amines) is 2. The van der Waals surface area contributed by atoms with E-state index in [9.17, 15) is 9.59 Å². The Labute approximate surface area is 175 Å². The van der Waals surface area contributed by atoms with Crippen LogP contribution in [0.15, 0.2) is 23.0 Å². The van der Waals surface area contributed by atoms with Gasteiger partial charge in [-0.3, -0.25) is 4.57 Å². The first-order valence-corrected chi connectivity index (χ1v) is 10.5. The van der Waals surface area contributed by atoms with E-state index in [0.717, 1.165) is 62.9 Å². The van der Waals surface area contributed by atoms with Gasteiger partial charge in [-0.1, -0.05) is 0 Å². The van der Waals surface area contributed by atoms with Crippen molar-refractivity contribution in [1.82, 2.24) is 19.4 Å². The molecule has 0 aliphatic carbocycles. The number of carbonyl (C=O) groups excluding carboxylic acids is 1. The fraction of sp³-hybridized carbons (Fsp3) is 0.619. The van der Waals surface area contributed by atoms with Crippen LogP contribution in [-0.2, 0) is 9.47 Å². The quantitative estimate of drug-likeness (QED) is 0.749. The summed E-state index contributed by atoms with van der Waals surface area (Å²) in [7, 11) is 3.01. The number of aromatic nitrogens is 2. The Hall–Kier alpha value is -2.52. The van der Waals surface area contributed by atoms with Gasteiger partial charge in [0, 0.05) is 51.4 Å². The number of rotatable bonds is 5. The van der Waals surface area contributed by atoms with Gasteiger partial charge in [-0.25, -0.2) is 9.59 Å². The minimum Gasteiger partial charge on any atom is -0.467 e. The molecule has 0 spiro atoms. The Morgan fingerprint density at radius 2 is 1.77 bits per heavy atom. The van der Waals surface area contributed by atoms with E-state index in [1.54, 1.807) is 12.0 Å². The lowest BCUT2D eigenvalue weighted by molar-refractivity contribution is 0.0512. The van der Waals surface area contributed by atoms with Crippen LogP contribution in [0.25, 0.3) is 11.0 Å². The van der Waals surface area contributed by atoms with Crippen LogP contribution in [-0.4, -0.2) is 78.7 Å². The predicted octanol–water partition coefficient (Wildman–Crippen LogP) is 2.18. The summed E-state index contributed by atoms with van der Waals surface area (Å²) in [5.41, 5.74) is 1.62. The molecule has 2 saturated heterocycles. The molecule has 30 heavy (non-hydrogen) atoms. The van der Waals surface area contributed by atoms with Crippen LogP contribution < -0.4 is 10.4 Å². The number of benzene rings is 1. The van der Waals surface area contributed by atoms with Gasteiger partial charge in [-0.05, 0) is 37.8 Å². The Morgan fingerprint density at radius 1 is 1.07 bits per heavy atom. The molecule has 0 bridgehead atoms. The number of H-pyrrole nitrogens is 1. The summed E-state index contributed by atoms with van der Waals surface area (Å²) in [6.07, 6.45) is 3.54. The molecule has 1 aromatic carbocycles. The molecule has 1 N–H and O–H groups in total. The van der Waals surface area contributed by atoms with Crippen molar-refractivity contribution in [3.8, 4) is 5.75 Å². The van der Waals surface area contributed by atoms with Crippen LogP contribution in [0.3, 0.4) is 0 Å². The van der Waals surface area contributed by atoms with Crippen molar-refractivity contribution < 1.29 is 19.0 Å². The number of hydrogen-bond acceptors (Lipinski definition) is 6. The zero-order valence-corrected chi connectivity index (χ0v) is 17.6. The molecule has 2 aliphatic rings. The number of carbonyl (C=O) groups is 1. The number of methoxy groups -OCH3 is 2. The SMILES string of the molecule is COCOc1ccc2[nH]c(=O)n(C3CCN(C4CCN(C(=O)OC)CC4)CC3)c2c1. The van der Waals surface area contributed by atoms with Crippen molar-refractivity contribution in [1.29, 1.82) is 0 Å². The molecule has 164 valence electrons. The van der Waals surface area contributed by atoms with E-state index < -0.39 is 0 Å². The Kier molecular flexibility index (Phi) is 6.29. The number of nitrogens with one attached hydrogen (secondary N) is 1. The lowest BCUT2D eigenvalue weighted by atomic mass is 9.97. The average molecular weight is 418 g/mol. The highest BCUT2D eigenvalue weighted by molar-refractivity contribution is 5.77. The predicted molar refractivity (Wildman–Crippen MR) is 112 cm³/mol. The Balaban J connectivity index is 1.40. The zero-order chi connectivity index (χ0) is 21.1. The van der Waals surface area contributed by atoms with Crippen LogP contribution in [0.5, 0.6) is 5.75 Å². The van der Waals surface area contributed by atoms with Gasteiger partial charge in [0.2, 0.25) is 0 Å². The summed E-state index contributed by atoms with van der Waals surface area (Å²) in [6.45, 7) is 3.55. The maximum absolute atomic E-state index is 12.7. The summed E-state index contributed by atoms with van der Waals surface area (Å²) < 4.78 is 17.2. The third-order valence-corrected chi connectivity index (χ3v) is 6.31. The Bertz CT molecular complexity index is 923. The standard InChI is InChI=1S/C21H30N4O5/c1-28-14-30-17-3-4-18-19(13-17)25(20(26)22-18)16-7-9-23(10-8-16)15-5-11-24(12-6-15)21(27)29-2/h3-4,13,15-16H,5-12,14H2,1-2H3,(H,22,26). The second-order valence-corrected chi connectivity index (χ2v) is 7.99. The van der Waals surface area contributed by atoms with Gasteiger partial charge in [-0.2, -0.15) is 0 Å². The molecule has 9 nitrogen and oxygen atoms in total. The molecule has 0 atom stereocenters. The van der Waals surface area contributed by atoms with E-state index in [4.69, 9.17) is 14.2 Å². The number of piperidine rings is 2. The fourth-order valence-corrected chi connectivity index (χ4v) is 4.73. The third-order valence-electron chi connectivity index (χ3n) is 6.31. The summed E-state index contributed by atoms with van der Waals surface area (Å²) >= 11 is 0. The molecule has 1 aromatic heterocycles. The topological polar surface area (TPSA) is 89.0 Å². The molecule has 0 saturated carbocycles. The number of aromatic amines is 1. The zero-order valence-electron chi connectivity index (χ0n) is 17.6. The van der Waals surface area contributed by atoms with Crippen molar-refractivity contribution in [3.05, 3.63) is 28.7 Å². The Morgan fingerprint density at radius 3 is 2.43 bits per heavy atom. The van der Waals surface area contributed by atoms with Gasteiger partial charge in [0.15, 0.2) is 6.79 Å². The highest BCUT2D eigenvalue weighted by Crippen LogP contribution is 2.29. The average Bonchev–Trinajstić information content (AvgIpc) is 3.12. The number of imidazole rings is 1. The van der Waals surface area contributed by atoms with Crippen molar-refractivity contribution in [2.45, 2.75) is 37.8 Å². The van der Waals surface area contributed by atoms with Crippen LogP contribution in [0.4, 0.5) is 4.79 Å². The third kappa shape index (κ3) is 4.17. The van der Waals surface area contributed by atoms with Gasteiger partial charge in [-0.15, -0.1) is 0 Å². The number of amides is 1. The molecule has 0 radical (unpaired) electrons. The summed E-state index contributed by atoms with van der Waals surface area (Å²) in [6, 6.07) is 6.27. The van der Waals surface area contributed by atoms with E-state index >= 15 is 0 Å². The van der Waals surface area contributed by atoms with Gasteiger partial charge < -0.3 is 29.0 Å². The molecule has 2 aromatic rings. The summed E-state index contributed by atoms with van der Waals surface area (Å²) in [4.78, 5) is 31.6. The largest absolute Gasteiger partial charge is 0.467 e. The molecule has 4 rings (SSSR count). The van der Waals surface area contributed by atoms with Crippen molar-refractivity contribution in [2.75, 3.05) is 47.2 Å². The van der Waals surface area contributed by atoms with E-state index in [-0.39, 0.29) is 24.6 Å². The molecular formula is C21H30N4O5. The van der Waals surface area contributed by atoms with E-state index in [2.05, 4.69) is 9.88 Å². The number of nitrogens with zero attached hydrogens (tertiary/aromatic N) is 3. The van der Waals surface area contributed by atoms with Gasteiger partial charge in [0.25, 0.3) is 0 Å². The van der Waals surface area contributed by atoms with Crippen LogP contribution in [0.1, 0.15) is 31.7 Å². The van der Waals surface area contributed by atoms with Crippen LogP contribution in [0, 0.1) is 0 Å². The fourth-order valence-electron chi connectivity index (χ4n) is 4.73. The van der Waals surface area contributed by atoms with E-state index in [0.29, 0.717) is 11.8 Å². The molecular weight excluding hydrogens is 388 g/mol. The highest BCUT2D eigenvalue weighted by atomic mass is 16.7. The molecule has 9 heteroatoms.